The van der Waals surface area contributed by atoms with Crippen LogP contribution in [-0.4, -0.2) is 129 Å². The Kier molecular flexibility index (Phi) is 14.7. The number of likely N-dealkylation sites (tertiary alicyclic amines) is 2. The number of hydrogen-bond acceptors (Lipinski definition) is 11. The lowest BCUT2D eigenvalue weighted by molar-refractivity contribution is -0.147. The van der Waals surface area contributed by atoms with Gasteiger partial charge in [0.25, 0.3) is 17.7 Å². The first-order chi connectivity index (χ1) is 34.0. The van der Waals surface area contributed by atoms with E-state index in [2.05, 4.69) is 27.8 Å². The molecule has 8 rings (SSSR count). The predicted molar refractivity (Wildman–Crippen MR) is 256 cm³/mol. The number of benzene rings is 3. The standard InChI is InChI=1S/C50H51F2N6O12PS/c1-49(2,3)42(55-44(62)39-23-31-22-32(14-17-38(31)72-39)50(51,52)71(67,68)69)48(66)57-26-33(24-37(57)47(65)56-20-8-12-30(25-56)29-10-5-4-6-11-29)70-27-41(60)53-19-7-9-28-13-15-34-35(21-28)46(64)58(45(34)63)36-16-18-40(59)54-43(36)61/h4-6,10-11,13-15,17,21-23,30,33,36-37,42H,8,12,16,18-20,24-27H2,1-3H3,(H,53,60)(H,55,62)(H,54,59,61)(H2,67,68,69)/t30-,33-,36?,37-,42?/m0/s1. The van der Waals surface area contributed by atoms with Gasteiger partial charge in [-0.1, -0.05) is 69.0 Å². The van der Waals surface area contributed by atoms with Gasteiger partial charge >= 0.3 is 13.3 Å². The summed E-state index contributed by atoms with van der Waals surface area (Å²) in [4.78, 5) is 129. The van der Waals surface area contributed by atoms with E-state index in [4.69, 9.17) is 4.74 Å². The van der Waals surface area contributed by atoms with Gasteiger partial charge in [-0.25, -0.2) is 0 Å². The van der Waals surface area contributed by atoms with Gasteiger partial charge < -0.3 is 35.0 Å². The summed E-state index contributed by atoms with van der Waals surface area (Å²) < 4.78 is 47.1. The number of nitrogens with zero attached hydrogens (tertiary/aromatic N) is 3. The third-order valence-corrected chi connectivity index (χ3v) is 15.3. The molecule has 4 aliphatic rings. The summed E-state index contributed by atoms with van der Waals surface area (Å²) in [6.07, 6.45) is 0.812. The van der Waals surface area contributed by atoms with Gasteiger partial charge in [0.2, 0.25) is 29.5 Å². The molecule has 0 aliphatic carbocycles. The zero-order chi connectivity index (χ0) is 51.9. The molecule has 378 valence electrons. The van der Waals surface area contributed by atoms with Crippen LogP contribution in [0.1, 0.15) is 106 Å². The van der Waals surface area contributed by atoms with Crippen LogP contribution < -0.4 is 16.0 Å². The fourth-order valence-corrected chi connectivity index (χ4v) is 10.8. The van der Waals surface area contributed by atoms with Crippen molar-refractivity contribution >= 4 is 76.3 Å². The molecule has 5 N–H and O–H groups in total. The minimum absolute atomic E-state index is 0.0115. The SMILES string of the molecule is CC(C)(C)C(NC(=O)c1cc2cc(C(F)(F)P(=O)(O)O)ccc2s1)C(=O)N1C[C@@H](OCC(=O)NCC#Cc2ccc3c(c2)C(=O)N(C2CCC(=O)NC2=O)C3=O)C[C@H]1C(=O)N1CCC[C@H](c2ccccc2)C1. The monoisotopic (exact) mass is 1030 g/mol. The maximum atomic E-state index is 14.8. The molecular formula is C50H51F2N6O12PS. The van der Waals surface area contributed by atoms with Crippen molar-refractivity contribution in [1.29, 1.82) is 0 Å². The second-order valence-electron chi connectivity index (χ2n) is 19.2. The lowest BCUT2D eigenvalue weighted by Gasteiger charge is -2.38. The van der Waals surface area contributed by atoms with Crippen LogP contribution in [0.25, 0.3) is 10.1 Å². The highest BCUT2D eigenvalue weighted by Gasteiger charge is 2.51. The van der Waals surface area contributed by atoms with Crippen LogP contribution in [-0.2, 0) is 38.9 Å². The maximum absolute atomic E-state index is 14.8. The van der Waals surface area contributed by atoms with Crippen molar-refractivity contribution in [2.45, 2.75) is 88.7 Å². The highest BCUT2D eigenvalue weighted by Crippen LogP contribution is 2.59. The molecule has 22 heteroatoms. The molecule has 3 saturated heterocycles. The molecule has 3 fully saturated rings. The summed E-state index contributed by atoms with van der Waals surface area (Å²) in [5.41, 5.74) is -4.76. The Bertz CT molecular complexity index is 3000. The summed E-state index contributed by atoms with van der Waals surface area (Å²) in [6, 6.07) is 15.1. The molecule has 18 nitrogen and oxygen atoms in total. The molecule has 1 aromatic heterocycles. The number of amides is 8. The largest absolute Gasteiger partial charge is 0.399 e. The number of fused-ring (bicyclic) bond motifs is 2. The third kappa shape index (κ3) is 10.7. The van der Waals surface area contributed by atoms with Crippen molar-refractivity contribution in [1.82, 2.24) is 30.7 Å². The van der Waals surface area contributed by atoms with E-state index in [0.29, 0.717) is 23.4 Å². The lowest BCUT2D eigenvalue weighted by atomic mass is 9.85. The van der Waals surface area contributed by atoms with Crippen LogP contribution in [0.3, 0.4) is 0 Å². The third-order valence-electron chi connectivity index (χ3n) is 13.2. The number of carbonyl (C=O) groups excluding carboxylic acids is 8. The normalized spacial score (nSPS) is 21.0. The smallest absolute Gasteiger partial charge is 0.366 e. The topological polar surface area (TPSA) is 249 Å². The summed E-state index contributed by atoms with van der Waals surface area (Å²) in [5, 5.41) is 7.71. The van der Waals surface area contributed by atoms with Crippen molar-refractivity contribution in [3.8, 4) is 11.8 Å². The molecule has 8 amide bonds. The minimum atomic E-state index is -5.86. The van der Waals surface area contributed by atoms with Gasteiger partial charge in [-0.05, 0) is 72.0 Å². The molecule has 4 aliphatic heterocycles. The maximum Gasteiger partial charge on any atom is 0.399 e. The fourth-order valence-electron chi connectivity index (χ4n) is 9.39. The number of hydrogen-bond donors (Lipinski definition) is 5. The molecule has 5 atom stereocenters. The molecule has 0 radical (unpaired) electrons. The van der Waals surface area contributed by atoms with Crippen molar-refractivity contribution in [2.75, 3.05) is 32.8 Å². The first-order valence-electron chi connectivity index (χ1n) is 23.2. The Balaban J connectivity index is 0.942. The number of ether oxygens (including phenoxy) is 1. The number of piperidine rings is 2. The second-order valence-corrected chi connectivity index (χ2v) is 21.9. The molecule has 4 aromatic rings. The molecule has 0 saturated carbocycles. The summed E-state index contributed by atoms with van der Waals surface area (Å²) in [6.45, 7) is 5.31. The molecule has 5 heterocycles. The second kappa shape index (κ2) is 20.4. The van der Waals surface area contributed by atoms with Gasteiger partial charge in [-0.2, -0.15) is 8.78 Å². The first-order valence-corrected chi connectivity index (χ1v) is 25.6. The van der Waals surface area contributed by atoms with Crippen LogP contribution in [0.5, 0.6) is 0 Å². The van der Waals surface area contributed by atoms with Gasteiger partial charge in [-0.3, -0.25) is 53.1 Å². The molecule has 0 bridgehead atoms. The fraction of sp³-hybridized carbons (Fsp3) is 0.400. The van der Waals surface area contributed by atoms with Crippen LogP contribution in [0.4, 0.5) is 8.78 Å². The molecule has 72 heavy (non-hydrogen) atoms. The van der Waals surface area contributed by atoms with Crippen molar-refractivity contribution < 1.29 is 66.2 Å². The Morgan fingerprint density at radius 3 is 2.39 bits per heavy atom. The number of imide groups is 2. The Morgan fingerprint density at radius 2 is 1.68 bits per heavy atom. The molecular weight excluding hydrogens is 978 g/mol. The van der Waals surface area contributed by atoms with Crippen molar-refractivity contribution in [3.05, 3.63) is 105 Å². The van der Waals surface area contributed by atoms with E-state index in [-0.39, 0.29) is 65.6 Å². The van der Waals surface area contributed by atoms with E-state index >= 15 is 0 Å². The van der Waals surface area contributed by atoms with Crippen LogP contribution in [0, 0.1) is 17.3 Å². The van der Waals surface area contributed by atoms with Gasteiger partial charge in [0.1, 0.15) is 24.7 Å². The average Bonchev–Trinajstić information content (AvgIpc) is 4.04. The zero-order valence-electron chi connectivity index (χ0n) is 39.3. The highest BCUT2D eigenvalue weighted by molar-refractivity contribution is 7.52. The van der Waals surface area contributed by atoms with E-state index in [9.17, 15) is 61.5 Å². The lowest BCUT2D eigenvalue weighted by Crippen LogP contribution is -2.58. The van der Waals surface area contributed by atoms with Crippen molar-refractivity contribution in [3.63, 3.8) is 0 Å². The first kappa shape index (κ1) is 51.7. The molecule has 2 unspecified atom stereocenters. The number of halogens is 2. The summed E-state index contributed by atoms with van der Waals surface area (Å²) in [7, 11) is -5.86. The number of rotatable bonds is 12. The van der Waals surface area contributed by atoms with Gasteiger partial charge in [0.05, 0.1) is 28.7 Å². The van der Waals surface area contributed by atoms with Crippen molar-refractivity contribution in [2.24, 2.45) is 5.41 Å². The van der Waals surface area contributed by atoms with Gasteiger partial charge in [-0.15, -0.1) is 11.3 Å². The van der Waals surface area contributed by atoms with E-state index < -0.39 is 96.4 Å². The summed E-state index contributed by atoms with van der Waals surface area (Å²) >= 11 is 0.929. The Labute approximate surface area is 416 Å². The Hall–Kier alpha value is -6.69. The average molecular weight is 1030 g/mol. The van der Waals surface area contributed by atoms with E-state index in [1.165, 1.54) is 35.2 Å². The number of thiophene rings is 1. The quantitative estimate of drug-likeness (QED) is 0.0760. The van der Waals surface area contributed by atoms with Gasteiger partial charge in [0, 0.05) is 54.2 Å². The molecule has 0 spiro atoms. The van der Waals surface area contributed by atoms with Crippen LogP contribution in [0.15, 0.2) is 72.8 Å². The molecule has 3 aromatic carbocycles. The Morgan fingerprint density at radius 1 is 0.944 bits per heavy atom. The van der Waals surface area contributed by atoms with Gasteiger partial charge in [0.15, 0.2) is 0 Å². The number of alkyl halides is 2. The van der Waals surface area contributed by atoms with E-state index in [0.717, 1.165) is 46.8 Å². The minimum Gasteiger partial charge on any atom is -0.366 e. The predicted octanol–water partition coefficient (Wildman–Crippen LogP) is 4.23. The number of nitrogens with one attached hydrogen (secondary N) is 3. The van der Waals surface area contributed by atoms with E-state index in [1.807, 2.05) is 30.3 Å². The zero-order valence-corrected chi connectivity index (χ0v) is 41.0. The summed E-state index contributed by atoms with van der Waals surface area (Å²) in [5.74, 6) is 0.929. The van der Waals surface area contributed by atoms with Crippen LogP contribution in [0.2, 0.25) is 0 Å². The van der Waals surface area contributed by atoms with Crippen LogP contribution >= 0.6 is 18.9 Å². The highest BCUT2D eigenvalue weighted by atomic mass is 32.1. The number of carbonyl (C=O) groups is 8. The van der Waals surface area contributed by atoms with E-state index in [1.54, 1.807) is 25.7 Å².